The second kappa shape index (κ2) is 9.74. The summed E-state index contributed by atoms with van der Waals surface area (Å²) in [5, 5.41) is 3.41. The highest BCUT2D eigenvalue weighted by Gasteiger charge is 2.28. The number of halogens is 1. The normalized spacial score (nSPS) is 12.5. The summed E-state index contributed by atoms with van der Waals surface area (Å²) in [6, 6.07) is 20.0. The van der Waals surface area contributed by atoms with Gasteiger partial charge in [-0.25, -0.2) is 8.42 Å². The van der Waals surface area contributed by atoms with Crippen LogP contribution < -0.4 is 10.0 Å². The fraction of sp³-hybridized carbons (Fsp3) is 0.136. The van der Waals surface area contributed by atoms with Crippen LogP contribution in [0.3, 0.4) is 0 Å². The number of fused-ring (bicyclic) bond motifs is 1. The number of nitrogens with zero attached hydrogens (tertiary/aromatic N) is 2. The van der Waals surface area contributed by atoms with Gasteiger partial charge in [0, 0.05) is 11.6 Å². The summed E-state index contributed by atoms with van der Waals surface area (Å²) in [6.07, 6.45) is 0.192. The molecule has 0 aliphatic heterocycles. The molecule has 3 aromatic carbocycles. The van der Waals surface area contributed by atoms with Crippen molar-refractivity contribution in [3.63, 3.8) is 0 Å². The lowest BCUT2D eigenvalue weighted by molar-refractivity contribution is -0.122. The molecule has 10 heteroatoms. The monoisotopic (exact) mass is 486 g/mol. The van der Waals surface area contributed by atoms with E-state index in [0.717, 1.165) is 22.9 Å². The zero-order valence-electron chi connectivity index (χ0n) is 16.7. The summed E-state index contributed by atoms with van der Waals surface area (Å²) in [5.41, 5.74) is 2.45. The predicted molar refractivity (Wildman–Crippen MR) is 125 cm³/mol. The SMILES string of the molecule is O=C(NCc1ccc(Cl)cc1)[C@@H](Cc1ccccc1)NS(=O)(=O)c1cccc2nsnc12. The van der Waals surface area contributed by atoms with Gasteiger partial charge in [0.05, 0.1) is 11.7 Å². The van der Waals surface area contributed by atoms with Gasteiger partial charge in [0.15, 0.2) is 0 Å². The molecule has 0 saturated heterocycles. The van der Waals surface area contributed by atoms with Gasteiger partial charge >= 0.3 is 0 Å². The van der Waals surface area contributed by atoms with Crippen LogP contribution in [0.25, 0.3) is 11.0 Å². The van der Waals surface area contributed by atoms with Gasteiger partial charge in [-0.2, -0.15) is 13.5 Å². The molecule has 1 atom stereocenters. The maximum absolute atomic E-state index is 13.2. The van der Waals surface area contributed by atoms with E-state index in [0.29, 0.717) is 10.5 Å². The standard InChI is InChI=1S/C22H19ClN4O3S2/c23-17-11-9-16(10-12-17)14-24-22(28)19(13-15-5-2-1-3-6-15)27-32(29,30)20-8-4-7-18-21(20)26-31-25-18/h1-12,19,27H,13-14H2,(H,24,28)/t19-/m1/s1. The van der Waals surface area contributed by atoms with Crippen molar-refractivity contribution in [1.29, 1.82) is 0 Å². The molecule has 32 heavy (non-hydrogen) atoms. The lowest BCUT2D eigenvalue weighted by atomic mass is 10.1. The minimum Gasteiger partial charge on any atom is -0.351 e. The number of nitrogens with one attached hydrogen (secondary N) is 2. The summed E-state index contributed by atoms with van der Waals surface area (Å²) in [6.45, 7) is 0.245. The van der Waals surface area contributed by atoms with Crippen LogP contribution in [0.1, 0.15) is 11.1 Å². The third-order valence-corrected chi connectivity index (χ3v) is 7.11. The first-order chi connectivity index (χ1) is 15.4. The lowest BCUT2D eigenvalue weighted by Gasteiger charge is -2.19. The summed E-state index contributed by atoms with van der Waals surface area (Å²) in [7, 11) is -4.03. The van der Waals surface area contributed by atoms with Gasteiger partial charge in [-0.1, -0.05) is 60.1 Å². The lowest BCUT2D eigenvalue weighted by Crippen LogP contribution is -2.47. The van der Waals surface area contributed by atoms with Gasteiger partial charge in [0.1, 0.15) is 22.0 Å². The van der Waals surface area contributed by atoms with Crippen molar-refractivity contribution in [2.75, 3.05) is 0 Å². The van der Waals surface area contributed by atoms with Gasteiger partial charge < -0.3 is 5.32 Å². The second-order valence-electron chi connectivity index (χ2n) is 7.10. The molecule has 1 heterocycles. The van der Waals surface area contributed by atoms with Gasteiger partial charge in [-0.3, -0.25) is 4.79 Å². The fourth-order valence-electron chi connectivity index (χ4n) is 3.20. The number of carbonyl (C=O) groups is 1. The first-order valence-electron chi connectivity index (χ1n) is 9.72. The second-order valence-corrected chi connectivity index (χ2v) is 9.74. The van der Waals surface area contributed by atoms with Gasteiger partial charge in [-0.05, 0) is 41.8 Å². The molecular formula is C22H19ClN4O3S2. The number of carbonyl (C=O) groups excluding carboxylic acids is 1. The quantitative estimate of drug-likeness (QED) is 0.396. The first kappa shape index (κ1) is 22.3. The molecule has 4 rings (SSSR count). The average Bonchev–Trinajstić information content (AvgIpc) is 3.27. The molecule has 7 nitrogen and oxygen atoms in total. The van der Waals surface area contributed by atoms with Crippen LogP contribution in [0.15, 0.2) is 77.7 Å². The molecule has 1 aromatic heterocycles. The van der Waals surface area contributed by atoms with E-state index in [1.54, 1.807) is 36.4 Å². The van der Waals surface area contributed by atoms with E-state index in [4.69, 9.17) is 11.6 Å². The Labute approximate surface area is 194 Å². The molecule has 0 fully saturated rings. The van der Waals surface area contributed by atoms with Crippen molar-refractivity contribution >= 4 is 50.3 Å². The Morgan fingerprint density at radius 3 is 2.44 bits per heavy atom. The van der Waals surface area contributed by atoms with Crippen molar-refractivity contribution in [2.45, 2.75) is 23.9 Å². The zero-order chi connectivity index (χ0) is 22.6. The minimum absolute atomic E-state index is 0.00712. The Morgan fingerprint density at radius 1 is 0.938 bits per heavy atom. The molecular weight excluding hydrogens is 468 g/mol. The van der Waals surface area contributed by atoms with E-state index in [1.165, 1.54) is 6.07 Å². The fourth-order valence-corrected chi connectivity index (χ4v) is 5.29. The molecule has 0 bridgehead atoms. The number of hydrogen-bond acceptors (Lipinski definition) is 6. The van der Waals surface area contributed by atoms with Crippen LogP contribution in [0.2, 0.25) is 5.02 Å². The minimum atomic E-state index is -4.03. The zero-order valence-corrected chi connectivity index (χ0v) is 19.1. The summed E-state index contributed by atoms with van der Waals surface area (Å²) in [5.74, 6) is -0.434. The molecule has 0 saturated carbocycles. The maximum atomic E-state index is 13.2. The summed E-state index contributed by atoms with van der Waals surface area (Å²) < 4.78 is 37.1. The van der Waals surface area contributed by atoms with E-state index in [2.05, 4.69) is 18.8 Å². The molecule has 2 N–H and O–H groups in total. The topological polar surface area (TPSA) is 101 Å². The Balaban J connectivity index is 1.57. The van der Waals surface area contributed by atoms with Crippen molar-refractivity contribution in [3.8, 4) is 0 Å². The van der Waals surface area contributed by atoms with Gasteiger partial charge in [0.25, 0.3) is 0 Å². The average molecular weight is 487 g/mol. The van der Waals surface area contributed by atoms with Gasteiger partial charge in [0.2, 0.25) is 15.9 Å². The van der Waals surface area contributed by atoms with Gasteiger partial charge in [-0.15, -0.1) is 0 Å². The molecule has 164 valence electrons. The van der Waals surface area contributed by atoms with Crippen LogP contribution in [0, 0.1) is 0 Å². The molecule has 0 unspecified atom stereocenters. The molecule has 0 aliphatic carbocycles. The highest BCUT2D eigenvalue weighted by Crippen LogP contribution is 2.21. The third-order valence-electron chi connectivity index (χ3n) is 4.82. The largest absolute Gasteiger partial charge is 0.351 e. The number of hydrogen-bond donors (Lipinski definition) is 2. The Morgan fingerprint density at radius 2 is 1.69 bits per heavy atom. The smallest absolute Gasteiger partial charge is 0.243 e. The number of amides is 1. The van der Waals surface area contributed by atoms with Crippen LogP contribution in [-0.4, -0.2) is 29.1 Å². The number of sulfonamides is 1. The van der Waals surface area contributed by atoms with Crippen LogP contribution >= 0.6 is 23.3 Å². The number of aromatic nitrogens is 2. The Bertz CT molecular complexity index is 1330. The van der Waals surface area contributed by atoms with E-state index < -0.39 is 22.0 Å². The molecule has 1 amide bonds. The summed E-state index contributed by atoms with van der Waals surface area (Å²) in [4.78, 5) is 13.0. The first-order valence-corrected chi connectivity index (χ1v) is 12.3. The van der Waals surface area contributed by atoms with Crippen LogP contribution in [-0.2, 0) is 27.8 Å². The molecule has 0 spiro atoms. The third kappa shape index (κ3) is 5.31. The van der Waals surface area contributed by atoms with Crippen LogP contribution in [0.4, 0.5) is 0 Å². The maximum Gasteiger partial charge on any atom is 0.243 e. The highest BCUT2D eigenvalue weighted by atomic mass is 35.5. The van der Waals surface area contributed by atoms with Crippen molar-refractivity contribution < 1.29 is 13.2 Å². The number of rotatable bonds is 8. The van der Waals surface area contributed by atoms with Crippen molar-refractivity contribution in [2.24, 2.45) is 0 Å². The number of benzene rings is 3. The highest BCUT2D eigenvalue weighted by molar-refractivity contribution is 7.89. The Kier molecular flexibility index (Phi) is 6.80. The van der Waals surface area contributed by atoms with E-state index >= 15 is 0 Å². The van der Waals surface area contributed by atoms with E-state index in [9.17, 15) is 13.2 Å². The molecule has 4 aromatic rings. The van der Waals surface area contributed by atoms with Crippen molar-refractivity contribution in [3.05, 3.63) is 88.9 Å². The van der Waals surface area contributed by atoms with E-state index in [1.807, 2.05) is 30.3 Å². The van der Waals surface area contributed by atoms with Crippen LogP contribution in [0.5, 0.6) is 0 Å². The predicted octanol–water partition coefficient (Wildman–Crippen LogP) is 3.55. The Hall–Kier alpha value is -2.85. The molecule has 0 radical (unpaired) electrons. The summed E-state index contributed by atoms with van der Waals surface area (Å²) >= 11 is 6.84. The molecule has 0 aliphatic rings. The van der Waals surface area contributed by atoms with E-state index in [-0.39, 0.29) is 23.4 Å². The van der Waals surface area contributed by atoms with Crippen molar-refractivity contribution in [1.82, 2.24) is 18.8 Å².